The average Bonchev–Trinajstić information content (AvgIpc) is 2.83. The Labute approximate surface area is 147 Å². The molecule has 0 radical (unpaired) electrons. The highest BCUT2D eigenvalue weighted by Gasteiger charge is 2.21. The Kier molecular flexibility index (Phi) is 4.21. The van der Waals surface area contributed by atoms with Gasteiger partial charge in [0.25, 0.3) is 5.56 Å². The number of hydrogen-bond donors (Lipinski definition) is 0. The Morgan fingerprint density at radius 1 is 1.30 bits per heavy atom. The van der Waals surface area contributed by atoms with Crippen LogP contribution in [0.3, 0.4) is 0 Å². The summed E-state index contributed by atoms with van der Waals surface area (Å²) >= 11 is 13.7. The largest absolute Gasteiger partial charge is 0.318 e. The third-order valence-corrected chi connectivity index (χ3v) is 5.63. The molecule has 0 bridgehead atoms. The number of fused-ring (bicyclic) bond motifs is 1. The SMILES string of the molecule is Cc1c(-c2nc(Cl)ncc2Cl)sc2c(C(C)C)cn(C)c(=O)c12. The summed E-state index contributed by atoms with van der Waals surface area (Å²) in [6.45, 7) is 6.15. The second kappa shape index (κ2) is 5.89. The van der Waals surface area contributed by atoms with Crippen LogP contribution in [0.2, 0.25) is 10.3 Å². The highest BCUT2D eigenvalue weighted by atomic mass is 35.5. The van der Waals surface area contributed by atoms with E-state index >= 15 is 0 Å². The quantitative estimate of drug-likeness (QED) is 0.611. The second-order valence-corrected chi connectivity index (χ2v) is 7.52. The molecule has 0 aliphatic carbocycles. The van der Waals surface area contributed by atoms with Gasteiger partial charge in [0.1, 0.15) is 5.69 Å². The van der Waals surface area contributed by atoms with Crippen molar-refractivity contribution in [3.8, 4) is 10.6 Å². The van der Waals surface area contributed by atoms with Crippen molar-refractivity contribution in [1.29, 1.82) is 0 Å². The molecule has 0 saturated heterocycles. The van der Waals surface area contributed by atoms with E-state index in [0.29, 0.717) is 16.6 Å². The van der Waals surface area contributed by atoms with E-state index in [9.17, 15) is 4.79 Å². The molecule has 3 heterocycles. The lowest BCUT2D eigenvalue weighted by Crippen LogP contribution is -2.17. The van der Waals surface area contributed by atoms with Gasteiger partial charge in [0.2, 0.25) is 5.28 Å². The summed E-state index contributed by atoms with van der Waals surface area (Å²) < 4.78 is 2.62. The third kappa shape index (κ3) is 2.67. The molecule has 3 aromatic rings. The Morgan fingerprint density at radius 2 is 2.00 bits per heavy atom. The summed E-state index contributed by atoms with van der Waals surface area (Å²) in [6, 6.07) is 0. The molecule has 0 aliphatic rings. The Bertz CT molecular complexity index is 976. The molecule has 4 nitrogen and oxygen atoms in total. The third-order valence-electron chi connectivity index (χ3n) is 3.83. The highest BCUT2D eigenvalue weighted by molar-refractivity contribution is 7.22. The molecule has 23 heavy (non-hydrogen) atoms. The van der Waals surface area contributed by atoms with Gasteiger partial charge in [-0.1, -0.05) is 25.4 Å². The van der Waals surface area contributed by atoms with Crippen molar-refractivity contribution in [1.82, 2.24) is 14.5 Å². The Balaban J connectivity index is 2.44. The fourth-order valence-corrected chi connectivity index (χ4v) is 4.45. The number of thiophene rings is 1. The van der Waals surface area contributed by atoms with Gasteiger partial charge in [0.05, 0.1) is 21.5 Å². The zero-order valence-corrected chi connectivity index (χ0v) is 15.5. The zero-order valence-electron chi connectivity index (χ0n) is 13.1. The number of aryl methyl sites for hydroxylation is 2. The van der Waals surface area contributed by atoms with Crippen molar-refractivity contribution >= 4 is 44.6 Å². The minimum Gasteiger partial charge on any atom is -0.318 e. The van der Waals surface area contributed by atoms with Crippen molar-refractivity contribution in [2.45, 2.75) is 26.7 Å². The van der Waals surface area contributed by atoms with Crippen LogP contribution in [-0.4, -0.2) is 14.5 Å². The van der Waals surface area contributed by atoms with Crippen molar-refractivity contribution in [3.63, 3.8) is 0 Å². The maximum absolute atomic E-state index is 12.6. The molecule has 0 saturated carbocycles. The van der Waals surface area contributed by atoms with Crippen LogP contribution in [0, 0.1) is 6.92 Å². The van der Waals surface area contributed by atoms with E-state index < -0.39 is 0 Å². The molecular formula is C16H15Cl2N3OS. The number of hydrogen-bond acceptors (Lipinski definition) is 4. The number of rotatable bonds is 2. The molecule has 0 aromatic carbocycles. The molecule has 3 rings (SSSR count). The van der Waals surface area contributed by atoms with Crippen LogP contribution in [-0.2, 0) is 7.05 Å². The number of halogens is 2. The lowest BCUT2D eigenvalue weighted by Gasteiger charge is -2.09. The lowest BCUT2D eigenvalue weighted by molar-refractivity contribution is 0.811. The molecule has 120 valence electrons. The van der Waals surface area contributed by atoms with Crippen LogP contribution in [0.1, 0.15) is 30.9 Å². The summed E-state index contributed by atoms with van der Waals surface area (Å²) in [5, 5.41) is 1.29. The maximum atomic E-state index is 12.6. The van der Waals surface area contributed by atoms with E-state index in [2.05, 4.69) is 23.8 Å². The van der Waals surface area contributed by atoms with Crippen LogP contribution in [0.25, 0.3) is 20.7 Å². The normalized spacial score (nSPS) is 11.6. The molecule has 0 N–H and O–H groups in total. The standard InChI is InChI=1S/C16H15Cl2N3OS/c1-7(2)9-6-21(4)15(22)11-8(3)13(23-14(9)11)12-10(17)5-19-16(18)20-12/h5-7H,1-4H3. The van der Waals surface area contributed by atoms with Gasteiger partial charge in [-0.2, -0.15) is 0 Å². The minimum absolute atomic E-state index is 0.0133. The summed E-state index contributed by atoms with van der Waals surface area (Å²) in [7, 11) is 1.78. The summed E-state index contributed by atoms with van der Waals surface area (Å²) in [5.41, 5.74) is 2.57. The Morgan fingerprint density at radius 3 is 2.65 bits per heavy atom. The fraction of sp³-hybridized carbons (Fsp3) is 0.312. The van der Waals surface area contributed by atoms with Gasteiger partial charge in [-0.3, -0.25) is 4.79 Å². The van der Waals surface area contributed by atoms with E-state index in [1.165, 1.54) is 17.5 Å². The maximum Gasteiger partial charge on any atom is 0.259 e. The van der Waals surface area contributed by atoms with Crippen molar-refractivity contribution in [3.05, 3.63) is 44.2 Å². The minimum atomic E-state index is -0.0133. The molecule has 0 atom stereocenters. The summed E-state index contributed by atoms with van der Waals surface area (Å²) in [5.74, 6) is 0.305. The van der Waals surface area contributed by atoms with Crippen LogP contribution in [0.4, 0.5) is 0 Å². The Hall–Kier alpha value is -1.43. The lowest BCUT2D eigenvalue weighted by atomic mass is 10.0. The first-order valence-corrected chi connectivity index (χ1v) is 8.69. The van der Waals surface area contributed by atoms with E-state index in [0.717, 1.165) is 26.1 Å². The molecular weight excluding hydrogens is 353 g/mol. The molecule has 3 aromatic heterocycles. The second-order valence-electron chi connectivity index (χ2n) is 5.75. The number of pyridine rings is 1. The van der Waals surface area contributed by atoms with Crippen LogP contribution in [0.15, 0.2) is 17.2 Å². The van der Waals surface area contributed by atoms with Crippen LogP contribution in [0.5, 0.6) is 0 Å². The average molecular weight is 368 g/mol. The van der Waals surface area contributed by atoms with E-state index in [4.69, 9.17) is 23.2 Å². The first-order chi connectivity index (χ1) is 10.8. The molecule has 7 heteroatoms. The summed E-state index contributed by atoms with van der Waals surface area (Å²) in [6.07, 6.45) is 3.39. The predicted molar refractivity (Wildman–Crippen MR) is 96.9 cm³/mol. The topological polar surface area (TPSA) is 47.8 Å². The first-order valence-electron chi connectivity index (χ1n) is 7.12. The smallest absolute Gasteiger partial charge is 0.259 e. The summed E-state index contributed by atoms with van der Waals surface area (Å²) in [4.78, 5) is 21.6. The predicted octanol–water partition coefficient (Wildman–Crippen LogP) is 4.80. The number of nitrogens with zero attached hydrogens (tertiary/aromatic N) is 3. The number of aromatic nitrogens is 3. The first kappa shape index (κ1) is 16.4. The van der Waals surface area contributed by atoms with E-state index in [1.807, 2.05) is 13.1 Å². The van der Waals surface area contributed by atoms with Crippen molar-refractivity contribution in [2.75, 3.05) is 0 Å². The van der Waals surface area contributed by atoms with E-state index in [1.54, 1.807) is 11.6 Å². The van der Waals surface area contributed by atoms with Gasteiger partial charge in [0.15, 0.2) is 0 Å². The zero-order chi connectivity index (χ0) is 16.9. The van der Waals surface area contributed by atoms with E-state index in [-0.39, 0.29) is 10.8 Å². The molecule has 0 unspecified atom stereocenters. The van der Waals surface area contributed by atoms with Gasteiger partial charge in [-0.15, -0.1) is 11.3 Å². The van der Waals surface area contributed by atoms with Crippen LogP contribution >= 0.6 is 34.5 Å². The van der Waals surface area contributed by atoms with Gasteiger partial charge < -0.3 is 4.57 Å². The molecule has 0 fully saturated rings. The van der Waals surface area contributed by atoms with Crippen molar-refractivity contribution < 1.29 is 0 Å². The fourth-order valence-electron chi connectivity index (χ4n) is 2.62. The molecule has 0 aliphatic heterocycles. The van der Waals surface area contributed by atoms with Crippen molar-refractivity contribution in [2.24, 2.45) is 7.05 Å². The molecule has 0 amide bonds. The van der Waals surface area contributed by atoms with Gasteiger partial charge in [-0.25, -0.2) is 9.97 Å². The van der Waals surface area contributed by atoms with Gasteiger partial charge in [-0.05, 0) is 35.6 Å². The highest BCUT2D eigenvalue weighted by Crippen LogP contribution is 2.41. The van der Waals surface area contributed by atoms with Gasteiger partial charge in [0, 0.05) is 17.9 Å². The van der Waals surface area contributed by atoms with Gasteiger partial charge >= 0.3 is 0 Å². The molecule has 0 spiro atoms. The monoisotopic (exact) mass is 367 g/mol. The van der Waals surface area contributed by atoms with Crippen LogP contribution < -0.4 is 5.56 Å².